The second-order valence-electron chi connectivity index (χ2n) is 3.99. The summed E-state index contributed by atoms with van der Waals surface area (Å²) in [6.45, 7) is 0. The number of halogens is 2. The Morgan fingerprint density at radius 1 is 1.29 bits per heavy atom. The van der Waals surface area contributed by atoms with E-state index in [0.717, 1.165) is 26.6 Å². The first-order valence-corrected chi connectivity index (χ1v) is 6.83. The Bertz CT molecular complexity index is 502. The molecule has 1 heterocycles. The molecule has 17 heavy (non-hydrogen) atoms. The zero-order chi connectivity index (χ0) is 12.4. The molecule has 2 N–H and O–H groups in total. The SMILES string of the molecule is Cn1ccc(CC(N)c2cc(Br)cc(Br)c2)n1. The number of nitrogens with two attached hydrogens (primary N) is 1. The van der Waals surface area contributed by atoms with Gasteiger partial charge in [0.25, 0.3) is 0 Å². The van der Waals surface area contributed by atoms with Crippen molar-refractivity contribution in [1.82, 2.24) is 9.78 Å². The van der Waals surface area contributed by atoms with Gasteiger partial charge in [-0.2, -0.15) is 5.10 Å². The topological polar surface area (TPSA) is 43.8 Å². The lowest BCUT2D eigenvalue weighted by atomic mass is 10.0. The molecule has 2 aromatic rings. The van der Waals surface area contributed by atoms with Gasteiger partial charge in [-0.15, -0.1) is 0 Å². The fraction of sp³-hybridized carbons (Fsp3) is 0.250. The van der Waals surface area contributed by atoms with Gasteiger partial charge in [0, 0.05) is 34.7 Å². The predicted octanol–water partition coefficient (Wildman–Crippen LogP) is 3.19. The second-order valence-corrected chi connectivity index (χ2v) is 5.83. The van der Waals surface area contributed by atoms with Gasteiger partial charge in [0.2, 0.25) is 0 Å². The molecule has 2 rings (SSSR count). The number of nitrogens with zero attached hydrogens (tertiary/aromatic N) is 2. The first kappa shape index (κ1) is 12.8. The third kappa shape index (κ3) is 3.40. The van der Waals surface area contributed by atoms with Crippen molar-refractivity contribution in [1.29, 1.82) is 0 Å². The van der Waals surface area contributed by atoms with E-state index in [0.29, 0.717) is 0 Å². The Labute approximate surface area is 117 Å². The van der Waals surface area contributed by atoms with E-state index >= 15 is 0 Å². The number of aromatic nitrogens is 2. The molecule has 1 aromatic heterocycles. The largest absolute Gasteiger partial charge is 0.324 e. The van der Waals surface area contributed by atoms with Crippen LogP contribution in [-0.4, -0.2) is 9.78 Å². The van der Waals surface area contributed by atoms with Crippen LogP contribution >= 0.6 is 31.9 Å². The molecule has 0 aliphatic heterocycles. The van der Waals surface area contributed by atoms with Crippen molar-refractivity contribution in [3.8, 4) is 0 Å². The summed E-state index contributed by atoms with van der Waals surface area (Å²) in [6.07, 6.45) is 2.67. The van der Waals surface area contributed by atoms with Crippen molar-refractivity contribution >= 4 is 31.9 Å². The number of hydrogen-bond acceptors (Lipinski definition) is 2. The van der Waals surface area contributed by atoms with Crippen molar-refractivity contribution in [2.45, 2.75) is 12.5 Å². The van der Waals surface area contributed by atoms with Crippen LogP contribution in [0.1, 0.15) is 17.3 Å². The lowest BCUT2D eigenvalue weighted by Gasteiger charge is -2.11. The van der Waals surface area contributed by atoms with Crippen LogP contribution in [0.4, 0.5) is 0 Å². The molecule has 0 amide bonds. The molecule has 0 bridgehead atoms. The van der Waals surface area contributed by atoms with E-state index in [-0.39, 0.29) is 6.04 Å². The van der Waals surface area contributed by atoms with Gasteiger partial charge < -0.3 is 5.73 Å². The summed E-state index contributed by atoms with van der Waals surface area (Å²) < 4.78 is 3.84. The van der Waals surface area contributed by atoms with Crippen LogP contribution in [0.25, 0.3) is 0 Å². The van der Waals surface area contributed by atoms with Crippen LogP contribution < -0.4 is 5.73 Å². The highest BCUT2D eigenvalue weighted by Gasteiger charge is 2.10. The van der Waals surface area contributed by atoms with Gasteiger partial charge in [0.05, 0.1) is 5.69 Å². The maximum absolute atomic E-state index is 6.18. The summed E-state index contributed by atoms with van der Waals surface area (Å²) in [5.74, 6) is 0. The minimum Gasteiger partial charge on any atom is -0.324 e. The smallest absolute Gasteiger partial charge is 0.0643 e. The van der Waals surface area contributed by atoms with Crippen LogP contribution in [0.15, 0.2) is 39.4 Å². The predicted molar refractivity (Wildman–Crippen MR) is 75.7 cm³/mol. The second kappa shape index (κ2) is 5.33. The van der Waals surface area contributed by atoms with Crippen molar-refractivity contribution in [3.05, 3.63) is 50.7 Å². The lowest BCUT2D eigenvalue weighted by Crippen LogP contribution is -2.14. The molecule has 5 heteroatoms. The van der Waals surface area contributed by atoms with Gasteiger partial charge in [-0.3, -0.25) is 4.68 Å². The number of aryl methyl sites for hydroxylation is 1. The van der Waals surface area contributed by atoms with E-state index in [1.165, 1.54) is 0 Å². The maximum Gasteiger partial charge on any atom is 0.0643 e. The molecule has 0 fully saturated rings. The van der Waals surface area contributed by atoms with Gasteiger partial charge in [0.1, 0.15) is 0 Å². The zero-order valence-corrected chi connectivity index (χ0v) is 12.6. The van der Waals surface area contributed by atoms with Crippen LogP contribution in [0.3, 0.4) is 0 Å². The number of rotatable bonds is 3. The molecule has 0 spiro atoms. The normalized spacial score (nSPS) is 12.7. The molecule has 0 aliphatic rings. The molecule has 0 aliphatic carbocycles. The molecule has 1 atom stereocenters. The highest BCUT2D eigenvalue weighted by Crippen LogP contribution is 2.24. The van der Waals surface area contributed by atoms with Gasteiger partial charge >= 0.3 is 0 Å². The summed E-state index contributed by atoms with van der Waals surface area (Å²) in [4.78, 5) is 0. The van der Waals surface area contributed by atoms with Crippen molar-refractivity contribution in [2.24, 2.45) is 12.8 Å². The van der Waals surface area contributed by atoms with Crippen molar-refractivity contribution in [2.75, 3.05) is 0 Å². The zero-order valence-electron chi connectivity index (χ0n) is 9.40. The molecular formula is C12H13Br2N3. The summed E-state index contributed by atoms with van der Waals surface area (Å²) in [6, 6.07) is 8.03. The minimum absolute atomic E-state index is 0.0429. The average Bonchev–Trinajstić information content (AvgIpc) is 2.62. The Hall–Kier alpha value is -0.650. The Morgan fingerprint density at radius 2 is 1.94 bits per heavy atom. The molecule has 1 aromatic carbocycles. The minimum atomic E-state index is -0.0429. The first-order chi connectivity index (χ1) is 8.04. The van der Waals surface area contributed by atoms with Crippen LogP contribution in [0.5, 0.6) is 0 Å². The van der Waals surface area contributed by atoms with E-state index in [9.17, 15) is 0 Å². The van der Waals surface area contributed by atoms with E-state index < -0.39 is 0 Å². The standard InChI is InChI=1S/C12H13Br2N3/c1-17-3-2-11(16-17)7-12(15)8-4-9(13)6-10(14)5-8/h2-6,12H,7,15H2,1H3. The molecule has 1 unspecified atom stereocenters. The van der Waals surface area contributed by atoms with Crippen LogP contribution in [0.2, 0.25) is 0 Å². The van der Waals surface area contributed by atoms with Gasteiger partial charge in [0.15, 0.2) is 0 Å². The molecule has 90 valence electrons. The highest BCUT2D eigenvalue weighted by atomic mass is 79.9. The van der Waals surface area contributed by atoms with Gasteiger partial charge in [-0.1, -0.05) is 31.9 Å². The van der Waals surface area contributed by atoms with Crippen molar-refractivity contribution in [3.63, 3.8) is 0 Å². The van der Waals surface area contributed by atoms with E-state index in [1.54, 1.807) is 4.68 Å². The quantitative estimate of drug-likeness (QED) is 0.915. The lowest BCUT2D eigenvalue weighted by molar-refractivity contribution is 0.675. The molecule has 0 saturated heterocycles. The summed E-state index contributed by atoms with van der Waals surface area (Å²) in [5.41, 5.74) is 8.29. The average molecular weight is 359 g/mol. The van der Waals surface area contributed by atoms with E-state index in [1.807, 2.05) is 37.5 Å². The molecule has 3 nitrogen and oxygen atoms in total. The Balaban J connectivity index is 2.16. The first-order valence-electron chi connectivity index (χ1n) is 5.24. The summed E-state index contributed by atoms with van der Waals surface area (Å²) in [7, 11) is 1.91. The Kier molecular flexibility index (Phi) is 4.01. The summed E-state index contributed by atoms with van der Waals surface area (Å²) >= 11 is 6.93. The Morgan fingerprint density at radius 3 is 2.47 bits per heavy atom. The molecule has 0 radical (unpaired) electrons. The van der Waals surface area contributed by atoms with E-state index in [4.69, 9.17) is 5.73 Å². The van der Waals surface area contributed by atoms with Gasteiger partial charge in [-0.25, -0.2) is 0 Å². The van der Waals surface area contributed by atoms with Crippen molar-refractivity contribution < 1.29 is 0 Å². The molecular weight excluding hydrogens is 346 g/mol. The monoisotopic (exact) mass is 357 g/mol. The highest BCUT2D eigenvalue weighted by molar-refractivity contribution is 9.11. The van der Waals surface area contributed by atoms with Crippen LogP contribution in [0, 0.1) is 0 Å². The van der Waals surface area contributed by atoms with Gasteiger partial charge in [-0.05, 0) is 29.8 Å². The molecule has 0 saturated carbocycles. The fourth-order valence-electron chi connectivity index (χ4n) is 1.70. The maximum atomic E-state index is 6.18. The van der Waals surface area contributed by atoms with Crippen LogP contribution in [-0.2, 0) is 13.5 Å². The van der Waals surface area contributed by atoms with E-state index in [2.05, 4.69) is 37.0 Å². The third-order valence-electron chi connectivity index (χ3n) is 2.51. The summed E-state index contributed by atoms with van der Waals surface area (Å²) in [5, 5.41) is 4.33. The number of benzene rings is 1. The number of hydrogen-bond donors (Lipinski definition) is 1. The fourth-order valence-corrected chi connectivity index (χ4v) is 3.03. The third-order valence-corrected chi connectivity index (χ3v) is 3.43.